The second-order valence-corrected chi connectivity index (χ2v) is 14.9. The van der Waals surface area contributed by atoms with E-state index in [4.69, 9.17) is 0 Å². The number of aromatic nitrogens is 1. The molecule has 10 aromatic carbocycles. The van der Waals surface area contributed by atoms with Crippen molar-refractivity contribution < 1.29 is 0 Å². The van der Waals surface area contributed by atoms with Crippen molar-refractivity contribution in [2.75, 3.05) is 4.90 Å². The molecule has 0 spiro atoms. The van der Waals surface area contributed by atoms with Crippen molar-refractivity contribution in [3.8, 4) is 39.1 Å². The molecular weight excluding hydrogens is 701 g/mol. The molecule has 0 aliphatic carbocycles. The second kappa shape index (κ2) is 14.1. The van der Waals surface area contributed by atoms with Gasteiger partial charge in [0.05, 0.1) is 11.0 Å². The van der Waals surface area contributed by atoms with Crippen LogP contribution in [0.4, 0.5) is 17.1 Å². The summed E-state index contributed by atoms with van der Waals surface area (Å²) in [5.74, 6) is 0. The lowest BCUT2D eigenvalue weighted by Gasteiger charge is -2.26. The maximum Gasteiger partial charge on any atom is 0.0541 e. The fraction of sp³-hybridized carbons (Fsp3) is 0. The van der Waals surface area contributed by atoms with Crippen molar-refractivity contribution >= 4 is 60.4 Å². The Balaban J connectivity index is 1.02. The minimum atomic E-state index is 1.12. The van der Waals surface area contributed by atoms with Gasteiger partial charge >= 0.3 is 0 Å². The van der Waals surface area contributed by atoms with Crippen LogP contribution in [0.5, 0.6) is 0 Å². The fourth-order valence-electron chi connectivity index (χ4n) is 8.99. The third kappa shape index (κ3) is 5.66. The van der Waals surface area contributed by atoms with E-state index < -0.39 is 0 Å². The van der Waals surface area contributed by atoms with E-state index in [0.717, 1.165) is 22.7 Å². The summed E-state index contributed by atoms with van der Waals surface area (Å²) >= 11 is 0. The third-order valence-electron chi connectivity index (χ3n) is 11.5. The van der Waals surface area contributed by atoms with Gasteiger partial charge in [0.1, 0.15) is 0 Å². The van der Waals surface area contributed by atoms with Crippen LogP contribution in [0.2, 0.25) is 0 Å². The Morgan fingerprint density at radius 2 is 0.672 bits per heavy atom. The Hall–Kier alpha value is -7.68. The van der Waals surface area contributed by atoms with Gasteiger partial charge in [-0.1, -0.05) is 164 Å². The van der Waals surface area contributed by atoms with Gasteiger partial charge in [-0.15, -0.1) is 0 Å². The molecule has 2 nitrogen and oxygen atoms in total. The average Bonchev–Trinajstić information content (AvgIpc) is 3.63. The molecule has 0 aliphatic rings. The summed E-state index contributed by atoms with van der Waals surface area (Å²) < 4.78 is 2.41. The summed E-state index contributed by atoms with van der Waals surface area (Å²) in [6.07, 6.45) is 0. The number of rotatable bonds is 7. The summed E-state index contributed by atoms with van der Waals surface area (Å²) in [7, 11) is 0. The van der Waals surface area contributed by atoms with Crippen LogP contribution in [0.25, 0.3) is 82.4 Å². The van der Waals surface area contributed by atoms with Crippen molar-refractivity contribution in [1.82, 2.24) is 4.57 Å². The predicted octanol–water partition coefficient (Wildman–Crippen LogP) is 15.6. The van der Waals surface area contributed by atoms with Crippen LogP contribution in [0, 0.1) is 0 Å². The van der Waals surface area contributed by atoms with Crippen molar-refractivity contribution in [2.24, 2.45) is 0 Å². The van der Waals surface area contributed by atoms with E-state index in [9.17, 15) is 0 Å². The zero-order valence-corrected chi connectivity index (χ0v) is 31.8. The lowest BCUT2D eigenvalue weighted by Crippen LogP contribution is -2.09. The highest BCUT2D eigenvalue weighted by molar-refractivity contribution is 6.21. The molecule has 0 bridgehead atoms. The molecule has 1 heterocycles. The molecular formula is C56H38N2. The first-order valence-corrected chi connectivity index (χ1v) is 19.9. The molecule has 1 aromatic heterocycles. The number of anilines is 3. The van der Waals surface area contributed by atoms with Gasteiger partial charge in [-0.25, -0.2) is 0 Å². The Morgan fingerprint density at radius 1 is 0.259 bits per heavy atom. The van der Waals surface area contributed by atoms with E-state index in [1.54, 1.807) is 0 Å². The van der Waals surface area contributed by atoms with Gasteiger partial charge in [0.15, 0.2) is 0 Å². The molecule has 0 saturated carbocycles. The zero-order chi connectivity index (χ0) is 38.4. The van der Waals surface area contributed by atoms with Crippen LogP contribution in [0.15, 0.2) is 231 Å². The number of para-hydroxylation sites is 3. The molecule has 0 N–H and O–H groups in total. The Labute approximate surface area is 338 Å². The number of hydrogen-bond donors (Lipinski definition) is 0. The number of nitrogens with zero attached hydrogens (tertiary/aromatic N) is 2. The Morgan fingerprint density at radius 3 is 1.26 bits per heavy atom. The first kappa shape index (κ1) is 33.6. The quantitative estimate of drug-likeness (QED) is 0.148. The minimum absolute atomic E-state index is 1.12. The van der Waals surface area contributed by atoms with Gasteiger partial charge < -0.3 is 9.47 Å². The summed E-state index contributed by atoms with van der Waals surface area (Å²) in [5, 5.41) is 7.53. The molecule has 2 heteroatoms. The molecule has 0 radical (unpaired) electrons. The molecule has 0 saturated heterocycles. The summed E-state index contributed by atoms with van der Waals surface area (Å²) in [6.45, 7) is 0. The molecule has 0 unspecified atom stereocenters. The van der Waals surface area contributed by atoms with Crippen LogP contribution in [0.3, 0.4) is 0 Å². The van der Waals surface area contributed by atoms with Gasteiger partial charge in [-0.05, 0) is 122 Å². The lowest BCUT2D eigenvalue weighted by molar-refractivity contribution is 1.18. The Bertz CT molecular complexity index is 3160. The van der Waals surface area contributed by atoms with Crippen LogP contribution in [-0.2, 0) is 0 Å². The highest BCUT2D eigenvalue weighted by Crippen LogP contribution is 2.44. The molecule has 0 fully saturated rings. The van der Waals surface area contributed by atoms with Gasteiger partial charge in [-0.3, -0.25) is 0 Å². The van der Waals surface area contributed by atoms with Crippen LogP contribution in [-0.4, -0.2) is 4.57 Å². The molecule has 11 aromatic rings. The molecule has 0 atom stereocenters. The molecule has 272 valence electrons. The van der Waals surface area contributed by atoms with Crippen molar-refractivity contribution in [2.45, 2.75) is 0 Å². The Kier molecular flexibility index (Phi) is 8.19. The molecule has 0 aliphatic heterocycles. The summed E-state index contributed by atoms with van der Waals surface area (Å²) in [4.78, 5) is 2.32. The maximum atomic E-state index is 2.41. The van der Waals surface area contributed by atoms with Gasteiger partial charge in [0, 0.05) is 33.5 Å². The predicted molar refractivity (Wildman–Crippen MR) is 247 cm³/mol. The standard InChI is InChI=1S/C56H38N2/c1-4-17-39(18-5-1)55-48-26-10-12-28-50(48)56(51-29-13-11-27-49(51)55)40-31-34-45(35-32-40)58-53-30-15-14-25-47(53)52-38-42(33-36-54(52)58)41-19-16-24-46(37-41)57(43-20-6-2-7-21-43)44-22-8-3-9-23-44/h1-38H. The van der Waals surface area contributed by atoms with Gasteiger partial charge in [-0.2, -0.15) is 0 Å². The minimum Gasteiger partial charge on any atom is -0.310 e. The fourth-order valence-corrected chi connectivity index (χ4v) is 8.99. The first-order valence-electron chi connectivity index (χ1n) is 19.9. The third-order valence-corrected chi connectivity index (χ3v) is 11.5. The van der Waals surface area contributed by atoms with E-state index in [1.165, 1.54) is 76.7 Å². The average molecular weight is 739 g/mol. The van der Waals surface area contributed by atoms with Gasteiger partial charge in [0.2, 0.25) is 0 Å². The summed E-state index contributed by atoms with van der Waals surface area (Å²) in [5.41, 5.74) is 14.2. The number of benzene rings is 10. The van der Waals surface area contributed by atoms with Crippen LogP contribution < -0.4 is 4.90 Å². The SMILES string of the molecule is c1ccc(-c2c3ccccc3c(-c3ccc(-n4c5ccccc5c5cc(-c6cccc(N(c7ccccc7)c7ccccc7)c6)ccc54)cc3)c3ccccc23)cc1. The van der Waals surface area contributed by atoms with E-state index in [2.05, 4.69) is 240 Å². The number of hydrogen-bond acceptors (Lipinski definition) is 1. The molecule has 0 amide bonds. The normalized spacial score (nSPS) is 11.4. The smallest absolute Gasteiger partial charge is 0.0541 e. The van der Waals surface area contributed by atoms with E-state index in [0.29, 0.717) is 0 Å². The molecule has 58 heavy (non-hydrogen) atoms. The van der Waals surface area contributed by atoms with Crippen LogP contribution >= 0.6 is 0 Å². The maximum absolute atomic E-state index is 2.41. The number of fused-ring (bicyclic) bond motifs is 5. The van der Waals surface area contributed by atoms with Crippen LogP contribution in [0.1, 0.15) is 0 Å². The first-order chi connectivity index (χ1) is 28.8. The van der Waals surface area contributed by atoms with E-state index in [-0.39, 0.29) is 0 Å². The topological polar surface area (TPSA) is 8.17 Å². The van der Waals surface area contributed by atoms with Crippen molar-refractivity contribution in [1.29, 1.82) is 0 Å². The highest BCUT2D eigenvalue weighted by Gasteiger charge is 2.18. The van der Waals surface area contributed by atoms with Gasteiger partial charge in [0.25, 0.3) is 0 Å². The molecule has 11 rings (SSSR count). The lowest BCUT2D eigenvalue weighted by atomic mass is 9.86. The van der Waals surface area contributed by atoms with Crippen molar-refractivity contribution in [3.63, 3.8) is 0 Å². The highest BCUT2D eigenvalue weighted by atomic mass is 15.1. The zero-order valence-electron chi connectivity index (χ0n) is 31.8. The monoisotopic (exact) mass is 738 g/mol. The van der Waals surface area contributed by atoms with E-state index in [1.807, 2.05) is 0 Å². The van der Waals surface area contributed by atoms with Crippen molar-refractivity contribution in [3.05, 3.63) is 231 Å². The summed E-state index contributed by atoms with van der Waals surface area (Å²) in [6, 6.07) is 83.5. The second-order valence-electron chi connectivity index (χ2n) is 14.9. The largest absolute Gasteiger partial charge is 0.310 e. The van der Waals surface area contributed by atoms with E-state index >= 15 is 0 Å².